The predicted molar refractivity (Wildman–Crippen MR) is 82.7 cm³/mol. The molecule has 0 spiro atoms. The molecule has 114 valence electrons. The summed E-state index contributed by atoms with van der Waals surface area (Å²) in [5.74, 6) is -1.29. The van der Waals surface area contributed by atoms with E-state index in [0.29, 0.717) is 5.56 Å². The molecule has 0 aromatic heterocycles. The second-order valence-corrected chi connectivity index (χ2v) is 4.84. The van der Waals surface area contributed by atoms with Gasteiger partial charge in [-0.3, -0.25) is 0 Å². The Balaban J connectivity index is 2.25. The maximum absolute atomic E-state index is 12.2. The fourth-order valence-corrected chi connectivity index (χ4v) is 2.11. The van der Waals surface area contributed by atoms with E-state index >= 15 is 0 Å². The number of hydrogen-bond acceptors (Lipinski definition) is 4. The lowest BCUT2D eigenvalue weighted by Crippen LogP contribution is -2.22. The average Bonchev–Trinajstić information content (AvgIpc) is 2.54. The number of hydrogen-bond donors (Lipinski definition) is 0. The monoisotopic (exact) mass is 318 g/mol. The highest BCUT2D eigenvalue weighted by Gasteiger charge is 2.27. The van der Waals surface area contributed by atoms with Crippen LogP contribution in [0, 0.1) is 0 Å². The fraction of sp³-hybridized carbons (Fsp3) is 0.176. The summed E-state index contributed by atoms with van der Waals surface area (Å²) in [6, 6.07) is 15.2. The number of ether oxygens (including phenoxy) is 2. The lowest BCUT2D eigenvalue weighted by molar-refractivity contribution is -0.153. The molecular formula is C17H15ClO4. The smallest absolute Gasteiger partial charge is 0.352 e. The van der Waals surface area contributed by atoms with Crippen LogP contribution in [-0.4, -0.2) is 18.5 Å². The zero-order valence-electron chi connectivity index (χ0n) is 12.0. The molecule has 1 atom stereocenters. The Morgan fingerprint density at radius 1 is 1.05 bits per heavy atom. The minimum absolute atomic E-state index is 0.200. The third kappa shape index (κ3) is 3.86. The van der Waals surface area contributed by atoms with Crippen molar-refractivity contribution >= 4 is 23.5 Å². The van der Waals surface area contributed by atoms with E-state index in [2.05, 4.69) is 0 Å². The molecule has 0 N–H and O–H groups in total. The fourth-order valence-electron chi connectivity index (χ4n) is 1.90. The van der Waals surface area contributed by atoms with E-state index in [0.717, 1.165) is 0 Å². The van der Waals surface area contributed by atoms with E-state index in [1.165, 1.54) is 6.07 Å². The molecule has 2 rings (SSSR count). The van der Waals surface area contributed by atoms with Gasteiger partial charge in [0.05, 0.1) is 17.2 Å². The molecule has 2 aromatic carbocycles. The first-order valence-electron chi connectivity index (χ1n) is 6.80. The largest absolute Gasteiger partial charge is 0.463 e. The van der Waals surface area contributed by atoms with Crippen molar-refractivity contribution in [3.05, 3.63) is 70.7 Å². The van der Waals surface area contributed by atoms with Gasteiger partial charge in [0.25, 0.3) is 0 Å². The summed E-state index contributed by atoms with van der Waals surface area (Å²) >= 11 is 5.97. The maximum Gasteiger partial charge on any atom is 0.352 e. The predicted octanol–water partition coefficient (Wildman–Crippen LogP) is 3.80. The number of benzene rings is 2. The molecule has 2 aromatic rings. The van der Waals surface area contributed by atoms with Gasteiger partial charge in [0, 0.05) is 5.56 Å². The van der Waals surface area contributed by atoms with E-state index in [1.807, 2.05) is 6.07 Å². The van der Waals surface area contributed by atoms with E-state index in [1.54, 1.807) is 49.4 Å². The van der Waals surface area contributed by atoms with Gasteiger partial charge in [0.1, 0.15) is 0 Å². The molecule has 0 bridgehead atoms. The molecule has 5 heteroatoms. The summed E-state index contributed by atoms with van der Waals surface area (Å²) in [6.45, 7) is 1.89. The van der Waals surface area contributed by atoms with E-state index < -0.39 is 18.0 Å². The van der Waals surface area contributed by atoms with E-state index in [9.17, 15) is 9.59 Å². The molecule has 0 aliphatic heterocycles. The van der Waals surface area contributed by atoms with Crippen molar-refractivity contribution in [3.63, 3.8) is 0 Å². The Hall–Kier alpha value is -2.33. The summed E-state index contributed by atoms with van der Waals surface area (Å²) < 4.78 is 10.3. The lowest BCUT2D eigenvalue weighted by Gasteiger charge is -2.17. The van der Waals surface area contributed by atoms with Crippen molar-refractivity contribution in [1.82, 2.24) is 0 Å². The number of esters is 2. The van der Waals surface area contributed by atoms with E-state index in [-0.39, 0.29) is 17.2 Å². The van der Waals surface area contributed by atoms with Gasteiger partial charge in [-0.2, -0.15) is 0 Å². The molecule has 0 aliphatic rings. The zero-order valence-corrected chi connectivity index (χ0v) is 12.7. The summed E-state index contributed by atoms with van der Waals surface area (Å²) in [7, 11) is 0. The molecule has 0 saturated carbocycles. The van der Waals surface area contributed by atoms with Gasteiger partial charge in [-0.1, -0.05) is 54.1 Å². The number of carbonyl (C=O) groups excluding carboxylic acids is 2. The Bertz CT molecular complexity index is 655. The number of carbonyl (C=O) groups is 2. The standard InChI is InChI=1S/C17H15ClO4/c1-2-21-17(20)15(12-8-4-3-5-9-12)22-16(19)13-10-6-7-11-14(13)18/h3-11,15H,2H2,1H3. The van der Waals surface area contributed by atoms with Crippen molar-refractivity contribution in [2.24, 2.45) is 0 Å². The first-order chi connectivity index (χ1) is 10.6. The van der Waals surface area contributed by atoms with Gasteiger partial charge in [0.15, 0.2) is 0 Å². The molecule has 0 heterocycles. The summed E-state index contributed by atoms with van der Waals surface area (Å²) in [5, 5.41) is 0.267. The lowest BCUT2D eigenvalue weighted by atomic mass is 10.1. The normalized spacial score (nSPS) is 11.5. The first-order valence-corrected chi connectivity index (χ1v) is 7.18. The average molecular weight is 319 g/mol. The second-order valence-electron chi connectivity index (χ2n) is 4.43. The van der Waals surface area contributed by atoms with Crippen LogP contribution in [0.5, 0.6) is 0 Å². The second kappa shape index (κ2) is 7.61. The highest BCUT2D eigenvalue weighted by atomic mass is 35.5. The van der Waals surface area contributed by atoms with Gasteiger partial charge in [-0.15, -0.1) is 0 Å². The minimum Gasteiger partial charge on any atom is -0.463 e. The van der Waals surface area contributed by atoms with Gasteiger partial charge in [-0.05, 0) is 19.1 Å². The van der Waals surface area contributed by atoms with E-state index in [4.69, 9.17) is 21.1 Å². The van der Waals surface area contributed by atoms with Crippen molar-refractivity contribution in [3.8, 4) is 0 Å². The van der Waals surface area contributed by atoms with Crippen molar-refractivity contribution in [1.29, 1.82) is 0 Å². The van der Waals surface area contributed by atoms with Crippen molar-refractivity contribution in [2.75, 3.05) is 6.61 Å². The molecule has 1 unspecified atom stereocenters. The van der Waals surface area contributed by atoms with Crippen LogP contribution < -0.4 is 0 Å². The zero-order chi connectivity index (χ0) is 15.9. The molecule has 4 nitrogen and oxygen atoms in total. The van der Waals surface area contributed by atoms with Gasteiger partial charge >= 0.3 is 11.9 Å². The summed E-state index contributed by atoms with van der Waals surface area (Å²) in [6.07, 6.45) is -1.12. The van der Waals surface area contributed by atoms with Crippen LogP contribution in [0.2, 0.25) is 5.02 Å². The number of rotatable bonds is 5. The van der Waals surface area contributed by atoms with Crippen LogP contribution in [0.15, 0.2) is 54.6 Å². The molecule has 22 heavy (non-hydrogen) atoms. The highest BCUT2D eigenvalue weighted by Crippen LogP contribution is 2.23. The van der Waals surface area contributed by atoms with Crippen LogP contribution in [0.1, 0.15) is 28.9 Å². The van der Waals surface area contributed by atoms with Crippen LogP contribution in [0.25, 0.3) is 0 Å². The molecule has 0 amide bonds. The SMILES string of the molecule is CCOC(=O)C(OC(=O)c1ccccc1Cl)c1ccccc1. The molecule has 0 saturated heterocycles. The third-order valence-electron chi connectivity index (χ3n) is 2.92. The first kappa shape index (κ1) is 16.0. The minimum atomic E-state index is -1.12. The quantitative estimate of drug-likeness (QED) is 0.787. The highest BCUT2D eigenvalue weighted by molar-refractivity contribution is 6.33. The van der Waals surface area contributed by atoms with Crippen molar-refractivity contribution in [2.45, 2.75) is 13.0 Å². The Morgan fingerprint density at radius 3 is 2.32 bits per heavy atom. The van der Waals surface area contributed by atoms with Crippen LogP contribution in [0.3, 0.4) is 0 Å². The van der Waals surface area contributed by atoms with Gasteiger partial charge in [0.2, 0.25) is 6.10 Å². The summed E-state index contributed by atoms with van der Waals surface area (Å²) in [5.41, 5.74) is 0.746. The Morgan fingerprint density at radius 2 is 1.68 bits per heavy atom. The van der Waals surface area contributed by atoms with Crippen LogP contribution in [-0.2, 0) is 14.3 Å². The Kier molecular flexibility index (Phi) is 5.55. The van der Waals surface area contributed by atoms with Gasteiger partial charge < -0.3 is 9.47 Å². The van der Waals surface area contributed by atoms with Gasteiger partial charge in [-0.25, -0.2) is 9.59 Å². The number of halogens is 1. The van der Waals surface area contributed by atoms with Crippen LogP contribution >= 0.6 is 11.6 Å². The summed E-state index contributed by atoms with van der Waals surface area (Å²) in [4.78, 5) is 24.3. The van der Waals surface area contributed by atoms with Crippen LogP contribution in [0.4, 0.5) is 0 Å². The molecule has 0 radical (unpaired) electrons. The Labute approximate surface area is 133 Å². The third-order valence-corrected chi connectivity index (χ3v) is 3.25. The molecular weight excluding hydrogens is 304 g/mol. The molecule has 0 aliphatic carbocycles. The van der Waals surface area contributed by atoms with Crippen molar-refractivity contribution < 1.29 is 19.1 Å². The molecule has 0 fully saturated rings. The maximum atomic E-state index is 12.2. The topological polar surface area (TPSA) is 52.6 Å².